The van der Waals surface area contributed by atoms with Crippen LogP contribution >= 0.6 is 0 Å². The van der Waals surface area contributed by atoms with Gasteiger partial charge in [0.25, 0.3) is 0 Å². The van der Waals surface area contributed by atoms with E-state index in [1.54, 1.807) is 24.3 Å². The van der Waals surface area contributed by atoms with E-state index in [9.17, 15) is 15.7 Å². The van der Waals surface area contributed by atoms with Crippen LogP contribution in [0.3, 0.4) is 0 Å². The van der Waals surface area contributed by atoms with Gasteiger partial charge in [-0.3, -0.25) is 0 Å². The Bertz CT molecular complexity index is 710. The molecule has 0 heterocycles. The first-order chi connectivity index (χ1) is 11.2. The molecule has 0 aromatic heterocycles. The van der Waals surface area contributed by atoms with Gasteiger partial charge in [0.2, 0.25) is 0 Å². The average molecular weight is 504 g/mol. The molecule has 0 saturated carbocycles. The third kappa shape index (κ3) is 8.74. The first kappa shape index (κ1) is 26.6. The summed E-state index contributed by atoms with van der Waals surface area (Å²) in [5, 5.41) is 6.14. The van der Waals surface area contributed by atoms with Crippen LogP contribution < -0.4 is 86.6 Å². The molecule has 2 rings (SSSR count). The van der Waals surface area contributed by atoms with E-state index in [1.807, 2.05) is 0 Å². The molecular weight excluding hydrogens is 488 g/mol. The van der Waals surface area contributed by atoms with E-state index >= 15 is 0 Å². The molecule has 0 aliphatic carbocycles. The Morgan fingerprint density at radius 3 is 1.19 bits per heavy atom. The first-order valence-corrected chi connectivity index (χ1v) is 13.5. The van der Waals surface area contributed by atoms with Crippen molar-refractivity contribution in [2.75, 3.05) is 23.7 Å². The van der Waals surface area contributed by atoms with Crippen molar-refractivity contribution >= 4 is 48.4 Å². The fourth-order valence-electron chi connectivity index (χ4n) is 1.95. The summed E-state index contributed by atoms with van der Waals surface area (Å²) in [4.78, 5) is 0. The van der Waals surface area contributed by atoms with Crippen LogP contribution in [0.5, 0.6) is 0 Å². The number of nitrogens with one attached hydrogen (secondary N) is 2. The quantitative estimate of drug-likeness (QED) is 0.215. The molecule has 0 radical (unpaired) electrons. The van der Waals surface area contributed by atoms with Crippen molar-refractivity contribution in [2.24, 2.45) is 0 Å². The van der Waals surface area contributed by atoms with E-state index in [1.165, 1.54) is 24.3 Å². The maximum Gasteiger partial charge on any atom is 1.00 e. The Morgan fingerprint density at radius 2 is 0.962 bits per heavy atom. The van der Waals surface area contributed by atoms with Crippen LogP contribution in [0.2, 0.25) is 0 Å². The van der Waals surface area contributed by atoms with Gasteiger partial charge in [0.05, 0.1) is 0 Å². The monoisotopic (exact) mass is 504 g/mol. The maximum atomic E-state index is 11.0. The van der Waals surface area contributed by atoms with Gasteiger partial charge in [-0.2, -0.15) is 0 Å². The number of anilines is 2. The largest absolute Gasteiger partial charge is 1.00 e. The van der Waals surface area contributed by atoms with E-state index in [0.29, 0.717) is 24.5 Å². The summed E-state index contributed by atoms with van der Waals surface area (Å²) in [5.74, 6) is 0. The molecule has 8 nitrogen and oxygen atoms in total. The minimum absolute atomic E-state index is 0. The van der Waals surface area contributed by atoms with Crippen LogP contribution in [-0.2, 0) is 7.48 Å². The van der Waals surface area contributed by atoms with Crippen LogP contribution in [0.25, 0.3) is 0 Å². The van der Waals surface area contributed by atoms with Gasteiger partial charge in [-0.1, -0.05) is 0 Å². The van der Waals surface area contributed by atoms with Gasteiger partial charge in [0.15, 0.2) is 0 Å². The molecule has 130 valence electrons. The molecule has 0 bridgehead atoms. The Labute approximate surface area is 201 Å². The molecule has 2 aromatic rings. The van der Waals surface area contributed by atoms with E-state index < -0.39 is 28.3 Å². The van der Waals surface area contributed by atoms with Crippen molar-refractivity contribution in [3.8, 4) is 0 Å². The summed E-state index contributed by atoms with van der Waals surface area (Å²) in [5.41, 5.74) is 1.41. The van der Waals surface area contributed by atoms with Crippen LogP contribution in [0.4, 0.5) is 11.4 Å². The Morgan fingerprint density at radius 1 is 0.692 bits per heavy atom. The SMILES string of the molecule is O=[As]([O-])(O)c1ccc(NCCNc2ccc([As](=O)([O-])O)cc2)cc1.[Na+].[Na+]. The third-order valence-corrected chi connectivity index (χ3v) is 7.16. The summed E-state index contributed by atoms with van der Waals surface area (Å²) in [6.45, 7) is 1.06. The van der Waals surface area contributed by atoms with Crippen LogP contribution in [-0.4, -0.2) is 49.6 Å². The fraction of sp³-hybridized carbons (Fsp3) is 0.143. The molecule has 0 aliphatic rings. The summed E-state index contributed by atoms with van der Waals surface area (Å²) >= 11 is -10.2. The summed E-state index contributed by atoms with van der Waals surface area (Å²) in [7, 11) is 0. The van der Waals surface area contributed by atoms with Crippen LogP contribution in [0, 0.1) is 0 Å². The summed E-state index contributed by atoms with van der Waals surface area (Å²) in [6, 6.07) is 11.6. The van der Waals surface area contributed by atoms with E-state index in [4.69, 9.17) is 8.19 Å². The number of hydrogen-bond donors (Lipinski definition) is 4. The van der Waals surface area contributed by atoms with Gasteiger partial charge in [-0.25, -0.2) is 0 Å². The molecular formula is C14H16As2N2Na2O6. The van der Waals surface area contributed by atoms with Crippen molar-refractivity contribution in [1.82, 2.24) is 0 Å². The molecule has 2 unspecified atom stereocenters. The Balaban J connectivity index is 0.00000312. The van der Waals surface area contributed by atoms with Crippen molar-refractivity contribution < 1.29 is 83.0 Å². The van der Waals surface area contributed by atoms with Crippen LogP contribution in [0.1, 0.15) is 0 Å². The van der Waals surface area contributed by atoms with Gasteiger partial charge in [0, 0.05) is 0 Å². The second kappa shape index (κ2) is 11.6. The van der Waals surface area contributed by atoms with E-state index in [0.717, 1.165) is 0 Å². The fourth-order valence-corrected chi connectivity index (χ4v) is 4.16. The molecule has 26 heavy (non-hydrogen) atoms. The second-order valence-electron chi connectivity index (χ2n) is 4.99. The number of hydrogen-bond acceptors (Lipinski definition) is 6. The minimum atomic E-state index is -5.09. The molecule has 0 spiro atoms. The molecule has 12 heteroatoms. The van der Waals surface area contributed by atoms with Crippen molar-refractivity contribution in [1.29, 1.82) is 0 Å². The Hall–Kier alpha value is 0.597. The maximum absolute atomic E-state index is 11.0. The van der Waals surface area contributed by atoms with Crippen LogP contribution in [0.15, 0.2) is 48.5 Å². The van der Waals surface area contributed by atoms with Gasteiger partial charge >= 0.3 is 204 Å². The standard InChI is InChI=1S/C14H18As2N2O6.2Na/c19-15(20,21)11-1-5-13(6-2-11)17-9-10-18-14-7-3-12(4-8-14)16(22,23)24;;/h1-8,17-18H,9-10H2,(H2,19,20,21)(H2,22,23,24);;/q;2*+1/p-2. The zero-order valence-corrected chi connectivity index (χ0v) is 22.2. The number of benzene rings is 2. The molecule has 4 N–H and O–H groups in total. The summed E-state index contributed by atoms with van der Waals surface area (Å²) in [6.07, 6.45) is 0. The Kier molecular flexibility index (Phi) is 11.8. The minimum Gasteiger partial charge on any atom is 1.00 e. The van der Waals surface area contributed by atoms with E-state index in [-0.39, 0.29) is 67.8 Å². The van der Waals surface area contributed by atoms with Crippen molar-refractivity contribution in [3.63, 3.8) is 0 Å². The molecule has 0 aliphatic heterocycles. The van der Waals surface area contributed by atoms with Gasteiger partial charge in [0.1, 0.15) is 0 Å². The molecule has 2 aromatic carbocycles. The predicted octanol–water partition coefficient (Wildman–Crippen LogP) is -8.92. The molecule has 0 fully saturated rings. The zero-order chi connectivity index (χ0) is 17.8. The zero-order valence-electron chi connectivity index (χ0n) is 14.5. The van der Waals surface area contributed by atoms with E-state index in [2.05, 4.69) is 10.6 Å². The van der Waals surface area contributed by atoms with Crippen molar-refractivity contribution in [3.05, 3.63) is 48.5 Å². The molecule has 0 saturated heterocycles. The van der Waals surface area contributed by atoms with Crippen molar-refractivity contribution in [2.45, 2.75) is 0 Å². The second-order valence-corrected chi connectivity index (χ2v) is 11.5. The average Bonchev–Trinajstić information content (AvgIpc) is 2.51. The molecule has 2 atom stereocenters. The van der Waals surface area contributed by atoms with Gasteiger partial charge < -0.3 is 0 Å². The van der Waals surface area contributed by atoms with Gasteiger partial charge in [-0.15, -0.1) is 0 Å². The normalized spacial score (nSPS) is 14.8. The predicted molar refractivity (Wildman–Crippen MR) is 86.5 cm³/mol. The smallest absolute Gasteiger partial charge is 1.00 e. The number of rotatable bonds is 7. The summed E-state index contributed by atoms with van der Waals surface area (Å²) < 4.78 is 61.8. The topological polar surface area (TPSA) is 145 Å². The third-order valence-electron chi connectivity index (χ3n) is 3.17. The van der Waals surface area contributed by atoms with Gasteiger partial charge in [-0.05, 0) is 0 Å². The first-order valence-electron chi connectivity index (χ1n) is 6.93. The molecule has 0 amide bonds.